The molecule has 0 radical (unpaired) electrons. The summed E-state index contributed by atoms with van der Waals surface area (Å²) in [4.78, 5) is 18.1. The number of nitrogens with one attached hydrogen (secondary N) is 1. The molecule has 0 spiro atoms. The highest BCUT2D eigenvalue weighted by Crippen LogP contribution is 2.17. The molecule has 2 heterocycles. The first-order valence-corrected chi connectivity index (χ1v) is 6.71. The van der Waals surface area contributed by atoms with E-state index in [2.05, 4.69) is 10.3 Å². The van der Waals surface area contributed by atoms with Gasteiger partial charge in [-0.3, -0.25) is 9.78 Å². The number of likely N-dealkylation sites (N-methyl/N-ethyl adjacent to an activating group) is 1. The molecule has 104 valence electrons. The number of amides is 1. The molecule has 1 aromatic rings. The monoisotopic (exact) mass is 263 g/mol. The Bertz CT molecular complexity index is 430. The van der Waals surface area contributed by atoms with Gasteiger partial charge in [-0.15, -0.1) is 0 Å². The number of hydrogen-bond acceptors (Lipinski definition) is 4. The molecule has 1 aromatic heterocycles. The largest absolute Gasteiger partial charge is 0.387 e. The van der Waals surface area contributed by atoms with Gasteiger partial charge in [0, 0.05) is 45.3 Å². The van der Waals surface area contributed by atoms with Gasteiger partial charge in [-0.2, -0.15) is 0 Å². The number of carbonyl (C=O) groups excluding carboxylic acids is 1. The normalized spacial score (nSPS) is 18.9. The summed E-state index contributed by atoms with van der Waals surface area (Å²) >= 11 is 0. The van der Waals surface area contributed by atoms with Crippen molar-refractivity contribution in [3.63, 3.8) is 0 Å². The molecule has 1 fully saturated rings. The zero-order valence-electron chi connectivity index (χ0n) is 11.6. The smallest absolute Gasteiger partial charge is 0.257 e. The van der Waals surface area contributed by atoms with E-state index in [0.29, 0.717) is 12.1 Å². The van der Waals surface area contributed by atoms with Gasteiger partial charge in [-0.1, -0.05) is 0 Å². The average Bonchev–Trinajstić information content (AvgIpc) is 2.47. The van der Waals surface area contributed by atoms with Crippen molar-refractivity contribution in [2.75, 3.05) is 32.6 Å². The van der Waals surface area contributed by atoms with Gasteiger partial charge in [0.1, 0.15) is 0 Å². The molecule has 1 amide bonds. The Morgan fingerprint density at radius 2 is 2.42 bits per heavy atom. The summed E-state index contributed by atoms with van der Waals surface area (Å²) in [5, 5.41) is 3.02. The van der Waals surface area contributed by atoms with E-state index in [9.17, 15) is 4.79 Å². The van der Waals surface area contributed by atoms with E-state index >= 15 is 0 Å². The molecule has 2 rings (SSSR count). The van der Waals surface area contributed by atoms with Crippen LogP contribution in [0.1, 0.15) is 29.6 Å². The van der Waals surface area contributed by atoms with Crippen molar-refractivity contribution in [3.8, 4) is 0 Å². The van der Waals surface area contributed by atoms with Crippen molar-refractivity contribution in [3.05, 3.63) is 24.0 Å². The maximum atomic E-state index is 12.4. The summed E-state index contributed by atoms with van der Waals surface area (Å²) < 4.78 is 5.67. The molecule has 1 unspecified atom stereocenters. The van der Waals surface area contributed by atoms with Crippen LogP contribution in [-0.2, 0) is 4.74 Å². The van der Waals surface area contributed by atoms with E-state index in [-0.39, 0.29) is 12.0 Å². The van der Waals surface area contributed by atoms with Crippen molar-refractivity contribution >= 4 is 11.6 Å². The van der Waals surface area contributed by atoms with E-state index in [1.165, 1.54) is 6.42 Å². The molecule has 1 aliphatic heterocycles. The van der Waals surface area contributed by atoms with Crippen LogP contribution in [0.3, 0.4) is 0 Å². The lowest BCUT2D eigenvalue weighted by Gasteiger charge is -2.27. The van der Waals surface area contributed by atoms with Gasteiger partial charge in [-0.05, 0) is 25.3 Å². The van der Waals surface area contributed by atoms with E-state index in [1.807, 2.05) is 7.05 Å². The summed E-state index contributed by atoms with van der Waals surface area (Å²) in [6.45, 7) is 1.44. The fourth-order valence-corrected chi connectivity index (χ4v) is 2.33. The lowest BCUT2D eigenvalue weighted by atomic mass is 10.1. The van der Waals surface area contributed by atoms with Gasteiger partial charge >= 0.3 is 0 Å². The Labute approximate surface area is 114 Å². The predicted molar refractivity (Wildman–Crippen MR) is 74.3 cm³/mol. The molecular weight excluding hydrogens is 242 g/mol. The second-order valence-electron chi connectivity index (χ2n) is 4.85. The van der Waals surface area contributed by atoms with E-state index in [4.69, 9.17) is 4.74 Å². The summed E-state index contributed by atoms with van der Waals surface area (Å²) in [6.07, 6.45) is 6.78. The highest BCUT2D eigenvalue weighted by Gasteiger charge is 2.21. The van der Waals surface area contributed by atoms with E-state index < -0.39 is 0 Å². The SMILES string of the molecule is CNc1ccncc1C(=O)N(C)CC1CCCCO1. The Kier molecular flexibility index (Phi) is 4.74. The number of nitrogens with zero attached hydrogens (tertiary/aromatic N) is 2. The zero-order chi connectivity index (χ0) is 13.7. The molecule has 5 heteroatoms. The van der Waals surface area contributed by atoms with Crippen molar-refractivity contribution < 1.29 is 9.53 Å². The van der Waals surface area contributed by atoms with Gasteiger partial charge in [0.05, 0.1) is 11.7 Å². The second kappa shape index (κ2) is 6.52. The Hall–Kier alpha value is -1.62. The maximum absolute atomic E-state index is 12.4. The quantitative estimate of drug-likeness (QED) is 0.899. The molecule has 1 atom stereocenters. The van der Waals surface area contributed by atoms with Crippen LogP contribution in [0.15, 0.2) is 18.5 Å². The molecule has 0 saturated carbocycles. The van der Waals surface area contributed by atoms with Gasteiger partial charge in [0.15, 0.2) is 0 Å². The number of ether oxygens (including phenoxy) is 1. The minimum absolute atomic E-state index is 0.0216. The molecule has 1 N–H and O–H groups in total. The molecule has 5 nitrogen and oxygen atoms in total. The first-order valence-electron chi connectivity index (χ1n) is 6.71. The molecule has 0 aromatic carbocycles. The lowest BCUT2D eigenvalue weighted by Crippen LogP contribution is -2.37. The van der Waals surface area contributed by atoms with Crippen LogP contribution in [0.25, 0.3) is 0 Å². The van der Waals surface area contributed by atoms with Crippen LogP contribution < -0.4 is 5.32 Å². The zero-order valence-corrected chi connectivity index (χ0v) is 11.6. The van der Waals surface area contributed by atoms with Gasteiger partial charge < -0.3 is 15.0 Å². The minimum Gasteiger partial charge on any atom is -0.387 e. The lowest BCUT2D eigenvalue weighted by molar-refractivity contribution is -0.000178. The summed E-state index contributed by atoms with van der Waals surface area (Å²) in [5.74, 6) is -0.0216. The molecule has 0 aliphatic carbocycles. The van der Waals surface area contributed by atoms with Gasteiger partial charge in [0.2, 0.25) is 0 Å². The van der Waals surface area contributed by atoms with Crippen LogP contribution in [0, 0.1) is 0 Å². The first kappa shape index (κ1) is 13.8. The highest BCUT2D eigenvalue weighted by atomic mass is 16.5. The number of carbonyl (C=O) groups is 1. The second-order valence-corrected chi connectivity index (χ2v) is 4.85. The highest BCUT2D eigenvalue weighted by molar-refractivity contribution is 5.99. The third-order valence-corrected chi connectivity index (χ3v) is 3.42. The van der Waals surface area contributed by atoms with E-state index in [0.717, 1.165) is 25.1 Å². The summed E-state index contributed by atoms with van der Waals surface area (Å²) in [6, 6.07) is 1.80. The number of rotatable bonds is 4. The van der Waals surface area contributed by atoms with Crippen LogP contribution in [-0.4, -0.2) is 49.1 Å². The minimum atomic E-state index is -0.0216. The third-order valence-electron chi connectivity index (χ3n) is 3.42. The number of anilines is 1. The standard InChI is InChI=1S/C14H21N3O2/c1-15-13-6-7-16-9-12(13)14(18)17(2)10-11-5-3-4-8-19-11/h6-7,9,11H,3-5,8,10H2,1-2H3,(H,15,16). The van der Waals surface area contributed by atoms with Crippen molar-refractivity contribution in [1.29, 1.82) is 0 Å². The van der Waals surface area contributed by atoms with Crippen LogP contribution in [0.5, 0.6) is 0 Å². The fourth-order valence-electron chi connectivity index (χ4n) is 2.33. The first-order chi connectivity index (χ1) is 9.22. The van der Waals surface area contributed by atoms with E-state index in [1.54, 1.807) is 30.4 Å². The third kappa shape index (κ3) is 3.44. The molecule has 19 heavy (non-hydrogen) atoms. The molecule has 0 bridgehead atoms. The summed E-state index contributed by atoms with van der Waals surface area (Å²) in [7, 11) is 3.61. The Morgan fingerprint density at radius 3 is 3.11 bits per heavy atom. The Morgan fingerprint density at radius 1 is 1.58 bits per heavy atom. The fraction of sp³-hybridized carbons (Fsp3) is 0.571. The average molecular weight is 263 g/mol. The van der Waals surface area contributed by atoms with Crippen molar-refractivity contribution in [2.24, 2.45) is 0 Å². The number of pyridine rings is 1. The predicted octanol–water partition coefficient (Wildman–Crippen LogP) is 1.76. The van der Waals surface area contributed by atoms with Crippen molar-refractivity contribution in [1.82, 2.24) is 9.88 Å². The number of aromatic nitrogens is 1. The topological polar surface area (TPSA) is 54.5 Å². The van der Waals surface area contributed by atoms with Crippen LogP contribution in [0.2, 0.25) is 0 Å². The Balaban J connectivity index is 2.01. The van der Waals surface area contributed by atoms with Crippen LogP contribution in [0.4, 0.5) is 5.69 Å². The molecular formula is C14H21N3O2. The number of hydrogen-bond donors (Lipinski definition) is 1. The maximum Gasteiger partial charge on any atom is 0.257 e. The van der Waals surface area contributed by atoms with Gasteiger partial charge in [-0.25, -0.2) is 0 Å². The van der Waals surface area contributed by atoms with Gasteiger partial charge in [0.25, 0.3) is 5.91 Å². The summed E-state index contributed by atoms with van der Waals surface area (Å²) in [5.41, 5.74) is 1.40. The molecule has 1 aliphatic rings. The molecule has 1 saturated heterocycles. The van der Waals surface area contributed by atoms with Crippen molar-refractivity contribution in [2.45, 2.75) is 25.4 Å². The van der Waals surface area contributed by atoms with Crippen LogP contribution >= 0.6 is 0 Å².